The van der Waals surface area contributed by atoms with Crippen molar-refractivity contribution in [1.82, 2.24) is 4.57 Å². The van der Waals surface area contributed by atoms with Gasteiger partial charge in [0.1, 0.15) is 5.69 Å². The van der Waals surface area contributed by atoms with Crippen LogP contribution in [0.4, 0.5) is 24.5 Å². The van der Waals surface area contributed by atoms with Gasteiger partial charge in [-0.25, -0.2) is 0 Å². The van der Waals surface area contributed by atoms with Gasteiger partial charge in [0.15, 0.2) is 11.5 Å². The van der Waals surface area contributed by atoms with Gasteiger partial charge in [-0.1, -0.05) is 24.3 Å². The van der Waals surface area contributed by atoms with Crippen LogP contribution in [0.5, 0.6) is 17.4 Å². The second kappa shape index (κ2) is 9.42. The van der Waals surface area contributed by atoms with E-state index >= 15 is 0 Å². The Bertz CT molecular complexity index is 1670. The number of pyridine rings is 1. The van der Waals surface area contributed by atoms with Gasteiger partial charge >= 0.3 is 6.18 Å². The van der Waals surface area contributed by atoms with E-state index in [1.165, 1.54) is 0 Å². The quantitative estimate of drug-likeness (QED) is 0.209. The summed E-state index contributed by atoms with van der Waals surface area (Å²) in [7, 11) is 0. The second-order valence-corrected chi connectivity index (χ2v) is 8.22. The molecule has 10 nitrogen and oxygen atoms in total. The molecule has 1 aliphatic rings. The van der Waals surface area contributed by atoms with Crippen molar-refractivity contribution < 1.29 is 32.7 Å². The van der Waals surface area contributed by atoms with E-state index in [9.17, 15) is 33.2 Å². The number of halogens is 3. The first-order valence-electron chi connectivity index (χ1n) is 11.0. The monoisotopic (exact) mass is 526 g/mol. The summed E-state index contributed by atoms with van der Waals surface area (Å²) in [6.45, 7) is 0.0510. The first-order valence-corrected chi connectivity index (χ1v) is 11.0. The molecular formula is C25H17F3N4O6. The average Bonchev–Trinajstić information content (AvgIpc) is 3.36. The van der Waals surface area contributed by atoms with Crippen LogP contribution in [0.25, 0.3) is 10.8 Å². The summed E-state index contributed by atoms with van der Waals surface area (Å²) >= 11 is 0. The van der Waals surface area contributed by atoms with Crippen LogP contribution in [-0.2, 0) is 12.7 Å². The molecule has 3 aromatic carbocycles. The zero-order chi connectivity index (χ0) is 27.0. The highest BCUT2D eigenvalue weighted by Crippen LogP contribution is 2.35. The SMILES string of the molecule is O=c1c2ccccc2c(/C=N\Nc2ccc(C(F)(F)F)cc2[N+](=O)[O-])c(O)n1Cc1ccc2c(c1)OCO2. The van der Waals surface area contributed by atoms with Crippen molar-refractivity contribution >= 4 is 28.4 Å². The normalized spacial score (nSPS) is 12.8. The van der Waals surface area contributed by atoms with Gasteiger partial charge in [-0.05, 0) is 35.9 Å². The lowest BCUT2D eigenvalue weighted by molar-refractivity contribution is -0.384. The summed E-state index contributed by atoms with van der Waals surface area (Å²) in [6, 6.07) is 13.5. The molecule has 0 amide bonds. The summed E-state index contributed by atoms with van der Waals surface area (Å²) in [5, 5.41) is 26.9. The van der Waals surface area contributed by atoms with Gasteiger partial charge in [0, 0.05) is 16.8 Å². The number of ether oxygens (including phenoxy) is 2. The highest BCUT2D eigenvalue weighted by molar-refractivity contribution is 6.01. The van der Waals surface area contributed by atoms with E-state index in [2.05, 4.69) is 10.5 Å². The number of fused-ring (bicyclic) bond motifs is 2. The molecule has 0 spiro atoms. The lowest BCUT2D eigenvalue weighted by atomic mass is 10.1. The molecule has 2 heterocycles. The van der Waals surface area contributed by atoms with Crippen molar-refractivity contribution in [2.45, 2.75) is 12.7 Å². The molecule has 0 saturated heterocycles. The minimum atomic E-state index is -4.76. The number of alkyl halides is 3. The smallest absolute Gasteiger partial charge is 0.416 e. The molecule has 5 rings (SSSR count). The van der Waals surface area contributed by atoms with E-state index < -0.39 is 33.8 Å². The third-order valence-electron chi connectivity index (χ3n) is 5.87. The summed E-state index contributed by atoms with van der Waals surface area (Å²) in [4.78, 5) is 23.6. The minimum absolute atomic E-state index is 0.0230. The molecule has 38 heavy (non-hydrogen) atoms. The number of aromatic nitrogens is 1. The second-order valence-electron chi connectivity index (χ2n) is 8.22. The van der Waals surface area contributed by atoms with Crippen LogP contribution in [-0.4, -0.2) is 27.6 Å². The van der Waals surface area contributed by atoms with E-state index in [-0.39, 0.29) is 30.0 Å². The standard InChI is InChI=1S/C25H17F3N4O6/c26-25(27,28)15-6-7-19(20(10-15)32(35)36)30-29-11-18-16-3-1-2-4-17(16)23(33)31(24(18)34)12-14-5-8-21-22(9-14)38-13-37-21/h1-11,30,34H,12-13H2/b29-11-. The molecule has 0 aliphatic carbocycles. The van der Waals surface area contributed by atoms with Crippen molar-refractivity contribution in [1.29, 1.82) is 0 Å². The van der Waals surface area contributed by atoms with Crippen LogP contribution in [0.1, 0.15) is 16.7 Å². The number of aromatic hydroxyl groups is 1. The van der Waals surface area contributed by atoms with Gasteiger partial charge in [0.2, 0.25) is 12.7 Å². The maximum atomic E-state index is 13.2. The van der Waals surface area contributed by atoms with Crippen LogP contribution in [0.3, 0.4) is 0 Å². The molecule has 1 aromatic heterocycles. The number of benzene rings is 3. The first-order chi connectivity index (χ1) is 18.1. The molecule has 0 unspecified atom stereocenters. The molecule has 0 bridgehead atoms. The predicted octanol–water partition coefficient (Wildman–Crippen LogP) is 4.86. The maximum absolute atomic E-state index is 13.2. The van der Waals surface area contributed by atoms with Crippen molar-refractivity contribution in [3.05, 3.63) is 97.8 Å². The molecular weight excluding hydrogens is 509 g/mol. The minimum Gasteiger partial charge on any atom is -0.494 e. The van der Waals surface area contributed by atoms with E-state index in [1.54, 1.807) is 42.5 Å². The summed E-state index contributed by atoms with van der Waals surface area (Å²) in [6.07, 6.45) is -3.63. The predicted molar refractivity (Wildman–Crippen MR) is 131 cm³/mol. The van der Waals surface area contributed by atoms with Gasteiger partial charge in [0.25, 0.3) is 11.2 Å². The van der Waals surface area contributed by atoms with E-state index in [4.69, 9.17) is 9.47 Å². The highest BCUT2D eigenvalue weighted by atomic mass is 19.4. The van der Waals surface area contributed by atoms with Gasteiger partial charge in [0.05, 0.1) is 28.8 Å². The largest absolute Gasteiger partial charge is 0.494 e. The Balaban J connectivity index is 1.52. The lowest BCUT2D eigenvalue weighted by Crippen LogP contribution is -2.22. The number of nitro groups is 1. The number of rotatable bonds is 6. The van der Waals surface area contributed by atoms with Crippen LogP contribution in [0.15, 0.2) is 70.6 Å². The van der Waals surface area contributed by atoms with Crippen LogP contribution >= 0.6 is 0 Å². The Kier molecular flexibility index (Phi) is 6.11. The van der Waals surface area contributed by atoms with E-state index in [0.29, 0.717) is 34.6 Å². The van der Waals surface area contributed by atoms with Crippen LogP contribution < -0.4 is 20.5 Å². The van der Waals surface area contributed by atoms with Gasteiger partial charge in [-0.2, -0.15) is 18.3 Å². The first kappa shape index (κ1) is 24.6. The number of nitro benzene ring substituents is 1. The van der Waals surface area contributed by atoms with Gasteiger partial charge < -0.3 is 14.6 Å². The number of hydrogen-bond acceptors (Lipinski definition) is 8. The molecule has 0 fully saturated rings. The Morgan fingerprint density at radius 3 is 2.55 bits per heavy atom. The summed E-state index contributed by atoms with van der Waals surface area (Å²) in [5.74, 6) is 0.624. The van der Waals surface area contributed by atoms with E-state index in [0.717, 1.165) is 16.8 Å². The fraction of sp³-hybridized carbons (Fsp3) is 0.120. The Morgan fingerprint density at radius 1 is 1.08 bits per heavy atom. The zero-order valence-corrected chi connectivity index (χ0v) is 19.2. The topological polar surface area (TPSA) is 128 Å². The van der Waals surface area contributed by atoms with Crippen molar-refractivity contribution in [3.8, 4) is 17.4 Å². The van der Waals surface area contributed by atoms with Crippen LogP contribution in [0.2, 0.25) is 0 Å². The van der Waals surface area contributed by atoms with Gasteiger partial charge in [-0.15, -0.1) is 0 Å². The Morgan fingerprint density at radius 2 is 1.82 bits per heavy atom. The third kappa shape index (κ3) is 4.56. The van der Waals surface area contributed by atoms with E-state index in [1.807, 2.05) is 0 Å². The fourth-order valence-corrected chi connectivity index (χ4v) is 4.03. The number of hydrazone groups is 1. The molecule has 13 heteroatoms. The molecule has 4 aromatic rings. The molecule has 0 atom stereocenters. The summed E-state index contributed by atoms with van der Waals surface area (Å²) in [5.41, 5.74) is 0.329. The molecule has 194 valence electrons. The van der Waals surface area contributed by atoms with Crippen molar-refractivity contribution in [2.24, 2.45) is 5.10 Å². The molecule has 0 radical (unpaired) electrons. The fourth-order valence-electron chi connectivity index (χ4n) is 4.03. The maximum Gasteiger partial charge on any atom is 0.416 e. The van der Waals surface area contributed by atoms with Crippen LogP contribution in [0, 0.1) is 10.1 Å². The zero-order valence-electron chi connectivity index (χ0n) is 19.2. The average molecular weight is 526 g/mol. The van der Waals surface area contributed by atoms with Crippen molar-refractivity contribution in [2.75, 3.05) is 12.2 Å². The Hall–Kier alpha value is -5.07. The molecule has 2 N–H and O–H groups in total. The number of anilines is 1. The molecule has 1 aliphatic heterocycles. The summed E-state index contributed by atoms with van der Waals surface area (Å²) < 4.78 is 50.7. The Labute approximate surface area is 211 Å². The number of nitrogens with one attached hydrogen (secondary N) is 1. The lowest BCUT2D eigenvalue weighted by Gasteiger charge is -2.14. The number of nitrogens with zero attached hydrogens (tertiary/aromatic N) is 3. The molecule has 0 saturated carbocycles. The van der Waals surface area contributed by atoms with Crippen molar-refractivity contribution in [3.63, 3.8) is 0 Å². The highest BCUT2D eigenvalue weighted by Gasteiger charge is 2.33. The van der Waals surface area contributed by atoms with Gasteiger partial charge in [-0.3, -0.25) is 24.9 Å². The number of hydrogen-bond donors (Lipinski definition) is 2. The third-order valence-corrected chi connectivity index (χ3v) is 5.87.